The molecule has 31 heavy (non-hydrogen) atoms. The Morgan fingerprint density at radius 3 is 2.29 bits per heavy atom. The first-order valence-electron chi connectivity index (χ1n) is 9.44. The van der Waals surface area contributed by atoms with Crippen molar-refractivity contribution < 1.29 is 44.2 Å². The van der Waals surface area contributed by atoms with Gasteiger partial charge in [0.05, 0.1) is 5.56 Å². The molecule has 0 radical (unpaired) electrons. The van der Waals surface area contributed by atoms with Crippen LogP contribution in [0.2, 0.25) is 0 Å². The zero-order valence-corrected chi connectivity index (χ0v) is 16.3. The van der Waals surface area contributed by atoms with Crippen LogP contribution < -0.4 is 0 Å². The molecule has 3 rings (SSSR count). The molecule has 1 saturated heterocycles. The zero-order chi connectivity index (χ0) is 22.4. The minimum Gasteiger partial charge on any atom is -0.508 e. The van der Waals surface area contributed by atoms with Crippen LogP contribution in [0.1, 0.15) is 15.9 Å². The summed E-state index contributed by atoms with van der Waals surface area (Å²) in [6.07, 6.45) is -5.15. The summed E-state index contributed by atoms with van der Waals surface area (Å²) in [5.41, 5.74) is 0.858. The Balaban J connectivity index is 1.57. The smallest absolute Gasteiger partial charge is 0.340 e. The predicted molar refractivity (Wildman–Crippen MR) is 107 cm³/mol. The maximum atomic E-state index is 12.2. The summed E-state index contributed by atoms with van der Waals surface area (Å²) in [5, 5.41) is 39.5. The van der Waals surface area contributed by atoms with Crippen LogP contribution in [0.5, 0.6) is 5.75 Å². The highest BCUT2D eigenvalue weighted by molar-refractivity contribution is 5.89. The maximum Gasteiger partial charge on any atom is 0.340 e. The Hall–Kier alpha value is -3.24. The lowest BCUT2D eigenvalue weighted by atomic mass is 9.99. The highest BCUT2D eigenvalue weighted by atomic mass is 16.7. The second kappa shape index (κ2) is 10.2. The molecule has 9 heteroatoms. The van der Waals surface area contributed by atoms with E-state index in [1.807, 2.05) is 0 Å². The summed E-state index contributed by atoms with van der Waals surface area (Å²) in [6, 6.07) is 14.1. The fourth-order valence-corrected chi connectivity index (χ4v) is 2.86. The Kier molecular flexibility index (Phi) is 7.37. The van der Waals surface area contributed by atoms with Crippen molar-refractivity contribution in [2.75, 3.05) is 6.61 Å². The molecule has 0 aliphatic carbocycles. The fourth-order valence-electron chi connectivity index (χ4n) is 2.86. The molecule has 0 amide bonds. The van der Waals surface area contributed by atoms with Gasteiger partial charge in [-0.25, -0.2) is 9.59 Å². The standard InChI is InChI=1S/C22H22O9/c23-15-9-6-13(7-10-15)8-11-17(24)29-12-16-18(25)19(26)20(27)22(30-16)31-21(28)14-4-2-1-3-5-14/h1-11,16,18-20,22-23,25-27H,12H2/t16-,18-,19+,20-,22-/m1/s1. The van der Waals surface area contributed by atoms with E-state index in [2.05, 4.69) is 0 Å². The number of aliphatic hydroxyl groups excluding tert-OH is 3. The normalized spacial score (nSPS) is 25.8. The van der Waals surface area contributed by atoms with Crippen molar-refractivity contribution in [3.8, 4) is 5.75 Å². The zero-order valence-electron chi connectivity index (χ0n) is 16.3. The van der Waals surface area contributed by atoms with Gasteiger partial charge in [0.2, 0.25) is 6.29 Å². The monoisotopic (exact) mass is 430 g/mol. The third kappa shape index (κ3) is 5.89. The number of phenols is 1. The van der Waals surface area contributed by atoms with Gasteiger partial charge in [0.1, 0.15) is 36.8 Å². The van der Waals surface area contributed by atoms with Gasteiger partial charge in [-0.1, -0.05) is 30.3 Å². The first-order chi connectivity index (χ1) is 14.8. The lowest BCUT2D eigenvalue weighted by Gasteiger charge is -2.39. The van der Waals surface area contributed by atoms with E-state index in [9.17, 15) is 30.0 Å². The largest absolute Gasteiger partial charge is 0.508 e. The van der Waals surface area contributed by atoms with Crippen LogP contribution in [0, 0.1) is 0 Å². The van der Waals surface area contributed by atoms with Gasteiger partial charge >= 0.3 is 11.9 Å². The number of aromatic hydroxyl groups is 1. The average Bonchev–Trinajstić information content (AvgIpc) is 2.78. The lowest BCUT2D eigenvalue weighted by Crippen LogP contribution is -2.59. The predicted octanol–water partition coefficient (Wildman–Crippen LogP) is 0.613. The highest BCUT2D eigenvalue weighted by Gasteiger charge is 2.46. The molecular weight excluding hydrogens is 408 g/mol. The van der Waals surface area contributed by atoms with Gasteiger partial charge in [-0.15, -0.1) is 0 Å². The van der Waals surface area contributed by atoms with Crippen LogP contribution in [0.25, 0.3) is 6.08 Å². The van der Waals surface area contributed by atoms with Gasteiger partial charge < -0.3 is 34.6 Å². The number of esters is 2. The van der Waals surface area contributed by atoms with Crippen molar-refractivity contribution in [2.24, 2.45) is 0 Å². The van der Waals surface area contributed by atoms with E-state index in [1.165, 1.54) is 30.3 Å². The van der Waals surface area contributed by atoms with E-state index in [0.29, 0.717) is 5.56 Å². The van der Waals surface area contributed by atoms with E-state index >= 15 is 0 Å². The molecule has 0 bridgehead atoms. The molecule has 0 unspecified atom stereocenters. The number of carbonyl (C=O) groups excluding carboxylic acids is 2. The molecule has 0 saturated carbocycles. The van der Waals surface area contributed by atoms with Gasteiger partial charge in [-0.3, -0.25) is 0 Å². The Labute approximate surface area is 177 Å². The van der Waals surface area contributed by atoms with Crippen LogP contribution in [0.4, 0.5) is 0 Å². The van der Waals surface area contributed by atoms with E-state index < -0.39 is 49.3 Å². The summed E-state index contributed by atoms with van der Waals surface area (Å²) in [6.45, 7) is -0.455. The van der Waals surface area contributed by atoms with Crippen LogP contribution in [-0.4, -0.2) is 69.7 Å². The molecule has 4 N–H and O–H groups in total. The summed E-state index contributed by atoms with van der Waals surface area (Å²) in [5.74, 6) is -1.45. The number of ether oxygens (including phenoxy) is 3. The van der Waals surface area contributed by atoms with Gasteiger partial charge in [0.15, 0.2) is 0 Å². The van der Waals surface area contributed by atoms with Crippen molar-refractivity contribution in [3.05, 3.63) is 71.8 Å². The molecule has 1 fully saturated rings. The minimum atomic E-state index is -1.69. The summed E-state index contributed by atoms with van der Waals surface area (Å²) in [4.78, 5) is 24.1. The van der Waals surface area contributed by atoms with Crippen LogP contribution in [0.3, 0.4) is 0 Å². The SMILES string of the molecule is O=C(C=Cc1ccc(O)cc1)OC[C@H]1O[C@H](OC(=O)c2ccccc2)[C@H](O)[C@@H](O)[C@@H]1O. The number of hydrogen-bond acceptors (Lipinski definition) is 9. The van der Waals surface area contributed by atoms with E-state index in [0.717, 1.165) is 6.08 Å². The minimum absolute atomic E-state index is 0.0893. The van der Waals surface area contributed by atoms with E-state index in [1.54, 1.807) is 30.3 Å². The first-order valence-corrected chi connectivity index (χ1v) is 9.44. The highest BCUT2D eigenvalue weighted by Crippen LogP contribution is 2.23. The van der Waals surface area contributed by atoms with E-state index in [-0.39, 0.29) is 11.3 Å². The third-order valence-electron chi connectivity index (χ3n) is 4.60. The molecule has 2 aromatic rings. The molecule has 1 heterocycles. The second-order valence-electron chi connectivity index (χ2n) is 6.84. The van der Waals surface area contributed by atoms with E-state index in [4.69, 9.17) is 14.2 Å². The van der Waals surface area contributed by atoms with Crippen molar-refractivity contribution in [3.63, 3.8) is 0 Å². The van der Waals surface area contributed by atoms with Crippen LogP contribution in [-0.2, 0) is 19.0 Å². The van der Waals surface area contributed by atoms with Crippen LogP contribution in [0.15, 0.2) is 60.7 Å². The number of hydrogen-bond donors (Lipinski definition) is 4. The second-order valence-corrected chi connectivity index (χ2v) is 6.84. The molecule has 2 aromatic carbocycles. The average molecular weight is 430 g/mol. The molecule has 0 aromatic heterocycles. The number of aliphatic hydroxyl groups is 3. The van der Waals surface area contributed by atoms with Gasteiger partial charge in [0.25, 0.3) is 0 Å². The number of carbonyl (C=O) groups is 2. The molecular formula is C22H22O9. The van der Waals surface area contributed by atoms with Crippen molar-refractivity contribution >= 4 is 18.0 Å². The summed E-state index contributed by atoms with van der Waals surface area (Å²) < 4.78 is 15.5. The van der Waals surface area contributed by atoms with Gasteiger partial charge in [-0.05, 0) is 35.9 Å². The molecule has 0 spiro atoms. The maximum absolute atomic E-state index is 12.2. The number of benzene rings is 2. The van der Waals surface area contributed by atoms with Crippen molar-refractivity contribution in [2.45, 2.75) is 30.7 Å². The molecule has 5 atom stereocenters. The van der Waals surface area contributed by atoms with Crippen LogP contribution >= 0.6 is 0 Å². The molecule has 9 nitrogen and oxygen atoms in total. The fraction of sp³-hybridized carbons (Fsp3) is 0.273. The molecule has 1 aliphatic rings. The van der Waals surface area contributed by atoms with Gasteiger partial charge in [-0.2, -0.15) is 0 Å². The van der Waals surface area contributed by atoms with Crippen molar-refractivity contribution in [1.29, 1.82) is 0 Å². The Morgan fingerprint density at radius 1 is 0.935 bits per heavy atom. The Morgan fingerprint density at radius 2 is 1.61 bits per heavy atom. The summed E-state index contributed by atoms with van der Waals surface area (Å²) in [7, 11) is 0. The third-order valence-corrected chi connectivity index (χ3v) is 4.60. The molecule has 1 aliphatic heterocycles. The number of phenolic OH excluding ortho intramolecular Hbond substituents is 1. The van der Waals surface area contributed by atoms with Crippen molar-refractivity contribution in [1.82, 2.24) is 0 Å². The lowest BCUT2D eigenvalue weighted by molar-refractivity contribution is -0.285. The molecule has 164 valence electrons. The number of rotatable bonds is 6. The summed E-state index contributed by atoms with van der Waals surface area (Å²) >= 11 is 0. The quantitative estimate of drug-likeness (QED) is 0.383. The topological polar surface area (TPSA) is 143 Å². The first kappa shape index (κ1) is 22.4. The van der Waals surface area contributed by atoms with Gasteiger partial charge in [0, 0.05) is 6.08 Å². The Bertz CT molecular complexity index is 910.